The fourth-order valence-corrected chi connectivity index (χ4v) is 5.16. The number of carboxylic acids is 1. The Morgan fingerprint density at radius 2 is 2.07 bits per heavy atom. The molecular formula is C31H30ClFN6O7. The number of fused-ring (bicyclic) bond motifs is 3. The molecule has 2 amide bonds. The molecule has 1 aliphatic carbocycles. The summed E-state index contributed by atoms with van der Waals surface area (Å²) in [5.41, 5.74) is 9.22. The van der Waals surface area contributed by atoms with E-state index in [1.54, 1.807) is 12.1 Å². The smallest absolute Gasteiger partial charge is 0.354 e. The zero-order chi connectivity index (χ0) is 32.2. The molecule has 0 unspecified atom stereocenters. The van der Waals surface area contributed by atoms with Crippen LogP contribution in [0.5, 0.6) is 5.75 Å². The third-order valence-electron chi connectivity index (χ3n) is 7.34. The number of aromatic nitrogens is 3. The van der Waals surface area contributed by atoms with E-state index >= 15 is 0 Å². The fraction of sp³-hybridized carbons (Fsp3) is 0.226. The Labute approximate surface area is 268 Å². The summed E-state index contributed by atoms with van der Waals surface area (Å²) in [4.78, 5) is 51.3. The molecule has 4 aromatic rings. The molecule has 2 aromatic carbocycles. The highest BCUT2D eigenvalue weighted by Gasteiger charge is 2.29. The Morgan fingerprint density at radius 3 is 2.78 bits per heavy atom. The van der Waals surface area contributed by atoms with Gasteiger partial charge in [-0.25, -0.2) is 23.5 Å². The topological polar surface area (TPSA) is 187 Å². The first kappa shape index (κ1) is 33.6. The predicted octanol–water partition coefficient (Wildman–Crippen LogP) is 3.53. The first-order valence-corrected chi connectivity index (χ1v) is 13.9. The number of aromatic carboxylic acids is 1. The third-order valence-corrected chi connectivity index (χ3v) is 7.34. The van der Waals surface area contributed by atoms with Gasteiger partial charge in [-0.15, -0.1) is 12.4 Å². The molecule has 0 fully saturated rings. The van der Waals surface area contributed by atoms with Crippen LogP contribution < -0.4 is 21.1 Å². The Morgan fingerprint density at radius 1 is 1.28 bits per heavy atom. The lowest BCUT2D eigenvalue weighted by molar-refractivity contribution is -0.118. The molecule has 1 aliphatic heterocycles. The number of anilines is 1. The van der Waals surface area contributed by atoms with E-state index in [1.807, 2.05) is 25.1 Å². The normalized spacial score (nSPS) is 14.3. The highest BCUT2D eigenvalue weighted by atomic mass is 35.5. The number of rotatable bonds is 7. The molecule has 13 nitrogen and oxygen atoms in total. The summed E-state index contributed by atoms with van der Waals surface area (Å²) >= 11 is 0. The van der Waals surface area contributed by atoms with Crippen molar-refractivity contribution in [3.8, 4) is 5.75 Å². The number of nitrogens with zero attached hydrogens (tertiary/aromatic N) is 3. The highest BCUT2D eigenvalue weighted by molar-refractivity contribution is 5.97. The SMILES string of the molecule is C=CCOC(=O)c1ccc2c(c1C)CC[C@@H]2NC(=O)c1cc(C(=O)O)nc2c(F)cnn12.Cl.NCc1ccc2c(c1)NC(=O)CO2. The zero-order valence-electron chi connectivity index (χ0n) is 24.5. The van der Waals surface area contributed by atoms with E-state index in [0.29, 0.717) is 36.4 Å². The fourth-order valence-electron chi connectivity index (χ4n) is 5.16. The quantitative estimate of drug-likeness (QED) is 0.170. The van der Waals surface area contributed by atoms with Crippen molar-refractivity contribution < 1.29 is 38.1 Å². The number of nitrogens with two attached hydrogens (primary N) is 1. The second-order valence-corrected chi connectivity index (χ2v) is 10.2. The lowest BCUT2D eigenvalue weighted by Crippen LogP contribution is -2.29. The molecule has 0 saturated carbocycles. The van der Waals surface area contributed by atoms with Crippen LogP contribution in [-0.4, -0.2) is 56.7 Å². The van der Waals surface area contributed by atoms with Gasteiger partial charge in [-0.1, -0.05) is 24.8 Å². The van der Waals surface area contributed by atoms with Gasteiger partial charge in [0, 0.05) is 12.6 Å². The van der Waals surface area contributed by atoms with Gasteiger partial charge in [0.2, 0.25) is 0 Å². The van der Waals surface area contributed by atoms with E-state index in [9.17, 15) is 28.7 Å². The summed E-state index contributed by atoms with van der Waals surface area (Å²) < 4.78 is 25.2. The molecular weight excluding hydrogens is 623 g/mol. The Hall–Kier alpha value is -5.34. The monoisotopic (exact) mass is 652 g/mol. The van der Waals surface area contributed by atoms with Crippen molar-refractivity contribution >= 4 is 47.5 Å². The van der Waals surface area contributed by atoms with Crippen molar-refractivity contribution in [2.75, 3.05) is 18.5 Å². The molecule has 0 radical (unpaired) electrons. The van der Waals surface area contributed by atoms with Crippen molar-refractivity contribution in [2.24, 2.45) is 5.73 Å². The minimum Gasteiger partial charge on any atom is -0.482 e. The first-order chi connectivity index (χ1) is 21.6. The third kappa shape index (κ3) is 6.82. The molecule has 2 aliphatic rings. The molecule has 0 spiro atoms. The maximum atomic E-state index is 13.9. The average molecular weight is 653 g/mol. The number of carboxylic acid groups (broad SMARTS) is 1. The summed E-state index contributed by atoms with van der Waals surface area (Å²) in [6.07, 6.45) is 3.58. The van der Waals surface area contributed by atoms with Crippen LogP contribution in [0.4, 0.5) is 10.1 Å². The number of carbonyl (C=O) groups is 4. The van der Waals surface area contributed by atoms with Crippen LogP contribution in [0.2, 0.25) is 0 Å². The van der Waals surface area contributed by atoms with Crippen molar-refractivity contribution in [3.63, 3.8) is 0 Å². The molecule has 2 aromatic heterocycles. The van der Waals surface area contributed by atoms with Gasteiger partial charge in [0.15, 0.2) is 23.8 Å². The summed E-state index contributed by atoms with van der Waals surface area (Å²) in [6, 6.07) is 9.63. The van der Waals surface area contributed by atoms with E-state index in [-0.39, 0.29) is 48.9 Å². The maximum absolute atomic E-state index is 13.9. The highest BCUT2D eigenvalue weighted by Crippen LogP contribution is 2.35. The Balaban J connectivity index is 0.000000287. The summed E-state index contributed by atoms with van der Waals surface area (Å²) in [6.45, 7) is 6.01. The summed E-state index contributed by atoms with van der Waals surface area (Å²) in [7, 11) is 0. The van der Waals surface area contributed by atoms with Gasteiger partial charge in [0.1, 0.15) is 18.1 Å². The molecule has 5 N–H and O–H groups in total. The molecule has 0 bridgehead atoms. The van der Waals surface area contributed by atoms with E-state index in [4.69, 9.17) is 15.2 Å². The van der Waals surface area contributed by atoms with Gasteiger partial charge in [0.25, 0.3) is 11.8 Å². The lowest BCUT2D eigenvalue weighted by atomic mass is 9.98. The predicted molar refractivity (Wildman–Crippen MR) is 166 cm³/mol. The van der Waals surface area contributed by atoms with Crippen molar-refractivity contribution in [2.45, 2.75) is 32.4 Å². The van der Waals surface area contributed by atoms with Crippen LogP contribution in [0, 0.1) is 12.7 Å². The van der Waals surface area contributed by atoms with Gasteiger partial charge in [-0.2, -0.15) is 5.10 Å². The largest absolute Gasteiger partial charge is 0.482 e. The van der Waals surface area contributed by atoms with Gasteiger partial charge in [0.05, 0.1) is 23.5 Å². The molecule has 3 heterocycles. The first-order valence-electron chi connectivity index (χ1n) is 13.9. The van der Waals surface area contributed by atoms with E-state index < -0.39 is 29.4 Å². The summed E-state index contributed by atoms with van der Waals surface area (Å²) in [5, 5.41) is 18.6. The number of nitrogens with one attached hydrogen (secondary N) is 2. The molecule has 6 rings (SSSR count). The van der Waals surface area contributed by atoms with E-state index in [2.05, 4.69) is 27.3 Å². The lowest BCUT2D eigenvalue weighted by Gasteiger charge is -2.18. The standard InChI is InChI=1S/C22H19FN4O5.C9H10N2O2.ClH/c1-3-8-32-22(31)13-4-5-14-12(11(13)2)6-7-16(14)26-20(28)18-9-17(21(29)30)25-19-15(23)10-24-27(18)19;10-4-6-1-2-8-7(3-6)11-9(12)5-13-8;/h3-5,9-10,16H,1,6-8H2,2H3,(H,26,28)(H,29,30);1-3H,4-5,10H2,(H,11,12);1H/t16-;;/m0../s1. The van der Waals surface area contributed by atoms with Gasteiger partial charge < -0.3 is 30.9 Å². The van der Waals surface area contributed by atoms with Crippen LogP contribution in [0.25, 0.3) is 5.65 Å². The van der Waals surface area contributed by atoms with Crippen molar-refractivity contribution in [1.29, 1.82) is 0 Å². The van der Waals surface area contributed by atoms with Crippen LogP contribution in [-0.2, 0) is 22.5 Å². The number of carbonyl (C=O) groups excluding carboxylic acids is 3. The van der Waals surface area contributed by atoms with Gasteiger partial charge in [-0.3, -0.25) is 9.59 Å². The minimum absolute atomic E-state index is 0. The zero-order valence-corrected chi connectivity index (χ0v) is 25.4. The Bertz CT molecular complexity index is 1860. The molecule has 0 saturated heterocycles. The minimum atomic E-state index is -1.39. The molecule has 240 valence electrons. The average Bonchev–Trinajstić information content (AvgIpc) is 3.62. The number of ether oxygens (including phenoxy) is 2. The summed E-state index contributed by atoms with van der Waals surface area (Å²) in [5.74, 6) is -2.70. The van der Waals surface area contributed by atoms with Crippen molar-refractivity contribution in [1.82, 2.24) is 19.9 Å². The Kier molecular flexibility index (Phi) is 10.3. The van der Waals surface area contributed by atoms with Crippen LogP contribution in [0.1, 0.15) is 66.1 Å². The van der Waals surface area contributed by atoms with Crippen LogP contribution in [0.15, 0.2) is 55.3 Å². The molecule has 1 atom stereocenters. The van der Waals surface area contributed by atoms with E-state index in [1.165, 1.54) is 6.08 Å². The number of hydrogen-bond donors (Lipinski definition) is 4. The second-order valence-electron chi connectivity index (χ2n) is 10.2. The number of amides is 2. The number of halogens is 2. The van der Waals surface area contributed by atoms with Crippen LogP contribution in [0.3, 0.4) is 0 Å². The van der Waals surface area contributed by atoms with Crippen LogP contribution >= 0.6 is 12.4 Å². The molecule has 46 heavy (non-hydrogen) atoms. The molecule has 15 heteroatoms. The maximum Gasteiger partial charge on any atom is 0.354 e. The van der Waals surface area contributed by atoms with Gasteiger partial charge in [-0.05, 0) is 60.2 Å². The van der Waals surface area contributed by atoms with Crippen molar-refractivity contribution in [3.05, 3.63) is 100 Å². The van der Waals surface area contributed by atoms with E-state index in [0.717, 1.165) is 39.0 Å². The number of esters is 1. The number of hydrogen-bond acceptors (Lipinski definition) is 9. The second kappa shape index (κ2) is 14.2. The number of benzene rings is 2. The van der Waals surface area contributed by atoms with Gasteiger partial charge >= 0.3 is 11.9 Å².